The highest BCUT2D eigenvalue weighted by atomic mass is 127. The summed E-state index contributed by atoms with van der Waals surface area (Å²) in [4.78, 5) is 3.91. The first-order valence-electron chi connectivity index (χ1n) is 12.8. The molecule has 0 heterocycles. The summed E-state index contributed by atoms with van der Waals surface area (Å²) >= 11 is 2.38. The van der Waals surface area contributed by atoms with Crippen molar-refractivity contribution in [1.82, 2.24) is 0 Å². The molecule has 5 aromatic carbocycles. The van der Waals surface area contributed by atoms with Gasteiger partial charge in [0.15, 0.2) is 14.7 Å². The van der Waals surface area contributed by atoms with Gasteiger partial charge in [-0.3, -0.25) is 0 Å². The minimum Gasteiger partial charge on any atom is -0.457 e. The molecule has 0 fully saturated rings. The van der Waals surface area contributed by atoms with Crippen LogP contribution in [0.3, 0.4) is 0 Å². The molecule has 13 heteroatoms. The van der Waals surface area contributed by atoms with Gasteiger partial charge in [-0.15, -0.1) is 10.2 Å². The Hall–Kier alpha value is -2.76. The van der Waals surface area contributed by atoms with Crippen LogP contribution in [-0.4, -0.2) is 4.66 Å². The van der Waals surface area contributed by atoms with Gasteiger partial charge in [-0.2, -0.15) is 14.0 Å². The van der Waals surface area contributed by atoms with Gasteiger partial charge in [-0.25, -0.2) is 18.6 Å². The predicted octanol–water partition coefficient (Wildman–Crippen LogP) is 0.583. The van der Waals surface area contributed by atoms with Crippen molar-refractivity contribution >= 4 is 33.5 Å². The molecule has 0 amide bonds. The second-order valence-corrected chi connectivity index (χ2v) is 14.0. The molecule has 1 N–H and O–H groups in total. The average Bonchev–Trinajstić information content (AvgIpc) is 2.95. The minimum atomic E-state index is -4.94. The summed E-state index contributed by atoms with van der Waals surface area (Å²) in [5.74, 6) is 1.68. The van der Waals surface area contributed by atoms with Crippen LogP contribution in [0, 0.1) is 37.9 Å². The SMILES string of the molecule is Cc1ccc([S+](c2ccc(C)cc2)c2ccc(Oc3ccc(-c4ccccc4I)cc3)cc2)cc1.[O-][Cl+3]([O-])([O-])O.[O-][Cl+3]([O-])([O-])[O-]. The zero-order valence-corrected chi connectivity index (χ0v) is 28.3. The van der Waals surface area contributed by atoms with Crippen molar-refractivity contribution in [1.29, 1.82) is 0 Å². The monoisotopic (exact) mass is 784 g/mol. The van der Waals surface area contributed by atoms with Crippen LogP contribution in [0.4, 0.5) is 0 Å². The van der Waals surface area contributed by atoms with Crippen LogP contribution in [-0.2, 0) is 10.9 Å². The van der Waals surface area contributed by atoms with Gasteiger partial charge in [0.05, 0.1) is 25.8 Å². The average molecular weight is 785 g/mol. The molecule has 0 spiro atoms. The number of rotatable bonds is 6. The van der Waals surface area contributed by atoms with Crippen LogP contribution >= 0.6 is 22.6 Å². The minimum absolute atomic E-state index is 0.169. The lowest BCUT2D eigenvalue weighted by atomic mass is 10.1. The molecule has 0 unspecified atom stereocenters. The molecule has 236 valence electrons. The Labute approximate surface area is 281 Å². The summed E-state index contributed by atoms with van der Waals surface area (Å²) in [5, 5.41) is 0. The number of halogens is 3. The molecule has 5 rings (SSSR count). The first-order chi connectivity index (χ1) is 21.1. The van der Waals surface area contributed by atoms with Crippen molar-refractivity contribution in [2.45, 2.75) is 28.5 Å². The van der Waals surface area contributed by atoms with E-state index in [0.717, 1.165) is 11.5 Å². The normalized spacial score (nSPS) is 11.2. The standard InChI is InChI=1S/C32H26IOS.2ClHO4/c1-23-7-17-28(18-8-23)35(29-19-9-24(2)10-20-29)30-21-15-27(16-22-30)34-26-13-11-25(12-14-26)31-5-3-4-6-32(31)33;2*2-1(3,4)5/h3-22H,1-2H3;2*(H,2,3,4,5)/q+1;;/p-1. The smallest absolute Gasteiger partial charge is 0.166 e. The molecule has 0 aliphatic heterocycles. The van der Waals surface area contributed by atoms with Gasteiger partial charge in [0.2, 0.25) is 0 Å². The molecule has 0 saturated carbocycles. The molecule has 0 aliphatic rings. The fourth-order valence-corrected chi connectivity index (χ4v) is 6.67. The highest BCUT2D eigenvalue weighted by Gasteiger charge is 2.28. The van der Waals surface area contributed by atoms with Crippen molar-refractivity contribution in [3.8, 4) is 22.6 Å². The van der Waals surface area contributed by atoms with Crippen LogP contribution in [0.5, 0.6) is 11.5 Å². The fraction of sp³-hybridized carbons (Fsp3) is 0.0625. The van der Waals surface area contributed by atoms with Crippen LogP contribution in [0.2, 0.25) is 0 Å². The van der Waals surface area contributed by atoms with Crippen LogP contribution < -0.4 is 37.3 Å². The molecule has 5 aromatic rings. The molecule has 0 bridgehead atoms. The lowest BCUT2D eigenvalue weighted by molar-refractivity contribution is -2.00. The van der Waals surface area contributed by atoms with E-state index in [4.69, 9.17) is 42.0 Å². The van der Waals surface area contributed by atoms with E-state index in [0.29, 0.717) is 0 Å². The Kier molecular flexibility index (Phi) is 13.6. The summed E-state index contributed by atoms with van der Waals surface area (Å²) in [6.45, 7) is 4.26. The largest absolute Gasteiger partial charge is 0.457 e. The predicted molar refractivity (Wildman–Crippen MR) is 158 cm³/mol. The third-order valence-corrected chi connectivity index (χ3v) is 9.02. The van der Waals surface area contributed by atoms with Crippen molar-refractivity contribution in [2.24, 2.45) is 0 Å². The van der Waals surface area contributed by atoms with Gasteiger partial charge in [0.25, 0.3) is 0 Å². The van der Waals surface area contributed by atoms with Crippen LogP contribution in [0.15, 0.2) is 136 Å². The summed E-state index contributed by atoms with van der Waals surface area (Å²) in [6, 6.07) is 43.0. The third-order valence-electron chi connectivity index (χ3n) is 5.85. The van der Waals surface area contributed by atoms with Crippen molar-refractivity contribution in [3.05, 3.63) is 136 Å². The summed E-state index contributed by atoms with van der Waals surface area (Å²) in [7, 11) is -9.81. The Morgan fingerprint density at radius 2 is 0.889 bits per heavy atom. The second kappa shape index (κ2) is 16.7. The van der Waals surface area contributed by atoms with E-state index in [1.807, 2.05) is 12.1 Å². The van der Waals surface area contributed by atoms with E-state index < -0.39 is 20.5 Å². The van der Waals surface area contributed by atoms with E-state index in [9.17, 15) is 0 Å². The lowest BCUT2D eigenvalue weighted by Crippen LogP contribution is -2.68. The quantitative estimate of drug-likeness (QED) is 0.190. The zero-order valence-electron chi connectivity index (χ0n) is 23.8. The summed E-state index contributed by atoms with van der Waals surface area (Å²) in [6.07, 6.45) is 0. The van der Waals surface area contributed by atoms with E-state index in [1.54, 1.807) is 0 Å². The Morgan fingerprint density at radius 3 is 1.27 bits per heavy atom. The zero-order chi connectivity index (χ0) is 33.2. The van der Waals surface area contributed by atoms with E-state index in [2.05, 4.69) is 146 Å². The van der Waals surface area contributed by atoms with Crippen molar-refractivity contribution in [3.63, 3.8) is 0 Å². The van der Waals surface area contributed by atoms with Gasteiger partial charge in [-0.05, 0) is 114 Å². The maximum Gasteiger partial charge on any atom is 0.166 e. The maximum atomic E-state index is 8.60. The van der Waals surface area contributed by atoms with E-state index >= 15 is 0 Å². The molecule has 45 heavy (non-hydrogen) atoms. The molecular weight excluding hydrogens is 758 g/mol. The molecule has 0 aliphatic carbocycles. The van der Waals surface area contributed by atoms with Gasteiger partial charge < -0.3 is 4.74 Å². The molecule has 9 nitrogen and oxygen atoms in total. The highest BCUT2D eigenvalue weighted by Crippen LogP contribution is 2.34. The van der Waals surface area contributed by atoms with Gasteiger partial charge in [0.1, 0.15) is 11.5 Å². The lowest BCUT2D eigenvalue weighted by Gasteiger charge is -2.17. The fourth-order valence-electron chi connectivity index (χ4n) is 3.93. The Bertz CT molecular complexity index is 1560. The van der Waals surface area contributed by atoms with Crippen LogP contribution in [0.1, 0.15) is 11.1 Å². The number of hydrogen-bond acceptors (Lipinski definition) is 9. The van der Waals surface area contributed by atoms with E-state index in [1.165, 1.54) is 40.5 Å². The van der Waals surface area contributed by atoms with Gasteiger partial charge >= 0.3 is 0 Å². The van der Waals surface area contributed by atoms with Crippen molar-refractivity contribution in [2.75, 3.05) is 0 Å². The third kappa shape index (κ3) is 13.6. The summed E-state index contributed by atoms with van der Waals surface area (Å²) in [5.41, 5.74) is 4.98. The first kappa shape index (κ1) is 36.7. The van der Waals surface area contributed by atoms with E-state index in [-0.39, 0.29) is 10.9 Å². The maximum absolute atomic E-state index is 8.60. The molecule has 0 radical (unpaired) electrons. The van der Waals surface area contributed by atoms with Gasteiger partial charge in [0, 0.05) is 3.57 Å². The Balaban J connectivity index is 0.000000482. The summed E-state index contributed by atoms with van der Waals surface area (Å²) < 4.78 is 74.1. The number of hydrogen-bond donors (Lipinski definition) is 1. The van der Waals surface area contributed by atoms with Gasteiger partial charge in [-0.1, -0.05) is 65.7 Å². The number of benzene rings is 5. The molecule has 0 atom stereocenters. The highest BCUT2D eigenvalue weighted by molar-refractivity contribution is 14.1. The number of aryl methyl sites for hydroxylation is 2. The molecular formula is C32H27Cl2IO9S. The molecule has 0 aromatic heterocycles. The Morgan fingerprint density at radius 1 is 0.556 bits per heavy atom. The van der Waals surface area contributed by atoms with Crippen LogP contribution in [0.25, 0.3) is 11.1 Å². The second-order valence-electron chi connectivity index (χ2n) is 9.28. The van der Waals surface area contributed by atoms with Crippen molar-refractivity contribution < 1.29 is 62.5 Å². The topological polar surface area (TPSA) is 191 Å². The molecule has 0 saturated heterocycles. The first-order valence-corrected chi connectivity index (χ1v) is 17.6. The number of ether oxygens (including phenoxy) is 1.